The molecule has 84 valence electrons. The Morgan fingerprint density at radius 3 is 2.94 bits per heavy atom. The third-order valence-corrected chi connectivity index (χ3v) is 2.44. The first-order chi connectivity index (χ1) is 7.65. The van der Waals surface area contributed by atoms with Crippen LogP contribution in [0.2, 0.25) is 5.02 Å². The van der Waals surface area contributed by atoms with E-state index >= 15 is 0 Å². The minimum Gasteiger partial charge on any atom is -0.397 e. The van der Waals surface area contributed by atoms with Crippen LogP contribution in [-0.4, -0.2) is 6.54 Å². The zero-order chi connectivity index (χ0) is 12.0. The van der Waals surface area contributed by atoms with Gasteiger partial charge in [0, 0.05) is 11.5 Å². The van der Waals surface area contributed by atoms with Crippen LogP contribution in [0.5, 0.6) is 0 Å². The summed E-state index contributed by atoms with van der Waals surface area (Å²) in [6.45, 7) is 2.38. The normalized spacial score (nSPS) is 10.4. The molecule has 0 saturated carbocycles. The topological polar surface area (TPSA) is 74.8 Å². The van der Waals surface area contributed by atoms with Crippen molar-refractivity contribution in [2.24, 2.45) is 5.11 Å². The van der Waals surface area contributed by atoms with Gasteiger partial charge in [-0.05, 0) is 42.1 Å². The number of rotatable bonds is 4. The first-order valence-electron chi connectivity index (χ1n) is 4.88. The molecule has 0 aliphatic heterocycles. The predicted octanol–water partition coefficient (Wildman–Crippen LogP) is 3.94. The summed E-state index contributed by atoms with van der Waals surface area (Å²) in [4.78, 5) is 2.67. The SMILES string of the molecule is Cc1cc(C=CCCN=[N+]=[N-])cc(Cl)c1N. The van der Waals surface area contributed by atoms with Crippen LogP contribution >= 0.6 is 11.6 Å². The summed E-state index contributed by atoms with van der Waals surface area (Å²) in [5, 5.41) is 4.00. The first-order valence-corrected chi connectivity index (χ1v) is 5.26. The molecule has 1 aromatic carbocycles. The van der Waals surface area contributed by atoms with Gasteiger partial charge in [-0.3, -0.25) is 0 Å². The number of halogens is 1. The molecular weight excluding hydrogens is 224 g/mol. The summed E-state index contributed by atoms with van der Waals surface area (Å²) in [5.41, 5.74) is 16.4. The Balaban J connectivity index is 2.71. The lowest BCUT2D eigenvalue weighted by Crippen LogP contribution is -1.91. The third kappa shape index (κ3) is 3.50. The molecular formula is C11H13ClN4. The lowest BCUT2D eigenvalue weighted by atomic mass is 10.1. The van der Waals surface area contributed by atoms with E-state index in [1.807, 2.05) is 31.2 Å². The average Bonchev–Trinajstić information content (AvgIpc) is 2.25. The van der Waals surface area contributed by atoms with Crippen LogP contribution in [0.15, 0.2) is 23.3 Å². The van der Waals surface area contributed by atoms with Crippen molar-refractivity contribution in [3.63, 3.8) is 0 Å². The van der Waals surface area contributed by atoms with Crippen molar-refractivity contribution < 1.29 is 0 Å². The van der Waals surface area contributed by atoms with Crippen LogP contribution in [0, 0.1) is 6.92 Å². The Labute approximate surface area is 99.3 Å². The van der Waals surface area contributed by atoms with Gasteiger partial charge in [0.05, 0.1) is 10.7 Å². The fourth-order valence-electron chi connectivity index (χ4n) is 1.27. The molecule has 0 heterocycles. The third-order valence-electron chi connectivity index (χ3n) is 2.13. The van der Waals surface area contributed by atoms with E-state index in [1.165, 1.54) is 0 Å². The van der Waals surface area contributed by atoms with Gasteiger partial charge in [-0.25, -0.2) is 0 Å². The molecule has 0 bridgehead atoms. The molecule has 0 radical (unpaired) electrons. The van der Waals surface area contributed by atoms with Crippen molar-refractivity contribution in [3.05, 3.63) is 44.8 Å². The van der Waals surface area contributed by atoms with Gasteiger partial charge in [0.2, 0.25) is 0 Å². The zero-order valence-corrected chi connectivity index (χ0v) is 9.78. The number of nitrogens with zero attached hydrogens (tertiary/aromatic N) is 3. The molecule has 0 aliphatic rings. The van der Waals surface area contributed by atoms with Crippen LogP contribution < -0.4 is 5.73 Å². The van der Waals surface area contributed by atoms with Gasteiger partial charge < -0.3 is 5.73 Å². The summed E-state index contributed by atoms with van der Waals surface area (Å²) < 4.78 is 0. The van der Waals surface area contributed by atoms with Crippen molar-refractivity contribution in [1.82, 2.24) is 0 Å². The lowest BCUT2D eigenvalue weighted by molar-refractivity contribution is 0.996. The number of hydrogen-bond donors (Lipinski definition) is 1. The Bertz CT molecular complexity index is 424. The highest BCUT2D eigenvalue weighted by Gasteiger charge is 2.00. The Morgan fingerprint density at radius 1 is 1.56 bits per heavy atom. The highest BCUT2D eigenvalue weighted by molar-refractivity contribution is 6.33. The van der Waals surface area contributed by atoms with Crippen molar-refractivity contribution >= 4 is 23.4 Å². The summed E-state index contributed by atoms with van der Waals surface area (Å²) in [6.07, 6.45) is 4.59. The van der Waals surface area contributed by atoms with Gasteiger partial charge in [0.1, 0.15) is 0 Å². The summed E-state index contributed by atoms with van der Waals surface area (Å²) >= 11 is 5.96. The highest BCUT2D eigenvalue weighted by Crippen LogP contribution is 2.24. The number of benzene rings is 1. The number of azide groups is 1. The molecule has 2 N–H and O–H groups in total. The van der Waals surface area contributed by atoms with E-state index in [-0.39, 0.29) is 0 Å². The molecule has 0 unspecified atom stereocenters. The van der Waals surface area contributed by atoms with Gasteiger partial charge in [-0.1, -0.05) is 28.9 Å². The standard InChI is InChI=1S/C11H13ClN4/c1-8-6-9(7-10(12)11(8)13)4-2-3-5-15-16-14/h2,4,6-7H,3,5,13H2,1H3. The van der Waals surface area contributed by atoms with Gasteiger partial charge in [0.25, 0.3) is 0 Å². The predicted molar refractivity (Wildman–Crippen MR) is 68.3 cm³/mol. The van der Waals surface area contributed by atoms with Crippen LogP contribution in [0.1, 0.15) is 17.5 Å². The van der Waals surface area contributed by atoms with Crippen molar-refractivity contribution in [2.75, 3.05) is 12.3 Å². The molecule has 1 aromatic rings. The molecule has 0 atom stereocenters. The van der Waals surface area contributed by atoms with E-state index in [0.29, 0.717) is 23.7 Å². The second-order valence-corrected chi connectivity index (χ2v) is 3.79. The number of anilines is 1. The van der Waals surface area contributed by atoms with E-state index in [2.05, 4.69) is 10.0 Å². The molecule has 0 spiro atoms. The largest absolute Gasteiger partial charge is 0.397 e. The molecule has 0 aliphatic carbocycles. The van der Waals surface area contributed by atoms with Gasteiger partial charge in [-0.15, -0.1) is 0 Å². The molecule has 16 heavy (non-hydrogen) atoms. The number of nitrogen functional groups attached to an aromatic ring is 1. The molecule has 5 heteroatoms. The zero-order valence-electron chi connectivity index (χ0n) is 9.02. The number of aryl methyl sites for hydroxylation is 1. The fourth-order valence-corrected chi connectivity index (χ4v) is 1.55. The van der Waals surface area contributed by atoms with Crippen LogP contribution in [0.4, 0.5) is 5.69 Å². The lowest BCUT2D eigenvalue weighted by Gasteiger charge is -2.04. The van der Waals surface area contributed by atoms with Crippen LogP contribution in [0.3, 0.4) is 0 Å². The summed E-state index contributed by atoms with van der Waals surface area (Å²) in [5.74, 6) is 0. The van der Waals surface area contributed by atoms with Gasteiger partial charge >= 0.3 is 0 Å². The Morgan fingerprint density at radius 2 is 2.31 bits per heavy atom. The Hall–Kier alpha value is -1.64. The molecule has 0 amide bonds. The fraction of sp³-hybridized carbons (Fsp3) is 0.273. The van der Waals surface area contributed by atoms with Gasteiger partial charge in [-0.2, -0.15) is 0 Å². The minimum absolute atomic E-state index is 0.467. The number of nitrogens with two attached hydrogens (primary N) is 1. The molecule has 0 saturated heterocycles. The summed E-state index contributed by atoms with van der Waals surface area (Å²) in [6, 6.07) is 3.78. The van der Waals surface area contributed by atoms with E-state index < -0.39 is 0 Å². The summed E-state index contributed by atoms with van der Waals surface area (Å²) in [7, 11) is 0. The minimum atomic E-state index is 0.467. The first kappa shape index (κ1) is 12.4. The van der Waals surface area contributed by atoms with Crippen molar-refractivity contribution in [3.8, 4) is 0 Å². The monoisotopic (exact) mass is 236 g/mol. The quantitative estimate of drug-likeness (QED) is 0.278. The van der Waals surface area contributed by atoms with E-state index in [1.54, 1.807) is 0 Å². The maximum absolute atomic E-state index is 8.09. The molecule has 1 rings (SSSR count). The maximum atomic E-state index is 8.09. The van der Waals surface area contributed by atoms with Crippen LogP contribution in [0.25, 0.3) is 16.5 Å². The van der Waals surface area contributed by atoms with E-state index in [0.717, 1.165) is 11.1 Å². The van der Waals surface area contributed by atoms with Gasteiger partial charge in [0.15, 0.2) is 0 Å². The molecule has 0 fully saturated rings. The average molecular weight is 237 g/mol. The smallest absolute Gasteiger partial charge is 0.0644 e. The van der Waals surface area contributed by atoms with Crippen LogP contribution in [-0.2, 0) is 0 Å². The van der Waals surface area contributed by atoms with Crippen molar-refractivity contribution in [1.29, 1.82) is 0 Å². The highest BCUT2D eigenvalue weighted by atomic mass is 35.5. The van der Waals surface area contributed by atoms with Crippen molar-refractivity contribution in [2.45, 2.75) is 13.3 Å². The second kappa shape index (κ2) is 6.05. The second-order valence-electron chi connectivity index (χ2n) is 3.38. The van der Waals surface area contributed by atoms with E-state index in [4.69, 9.17) is 22.9 Å². The maximum Gasteiger partial charge on any atom is 0.0644 e. The molecule has 0 aromatic heterocycles. The molecule has 4 nitrogen and oxygen atoms in total. The Kier molecular flexibility index (Phi) is 4.70. The van der Waals surface area contributed by atoms with E-state index in [9.17, 15) is 0 Å². The number of hydrogen-bond acceptors (Lipinski definition) is 2.